The first-order valence-corrected chi connectivity index (χ1v) is 6.45. The Labute approximate surface area is 118 Å². The zero-order valence-electron chi connectivity index (χ0n) is 11.0. The molecule has 0 spiro atoms. The van der Waals surface area contributed by atoms with E-state index in [0.29, 0.717) is 0 Å². The molecule has 0 fully saturated rings. The van der Waals surface area contributed by atoms with Crippen molar-refractivity contribution in [2.75, 3.05) is 11.1 Å². The molecule has 0 unspecified atom stereocenters. The summed E-state index contributed by atoms with van der Waals surface area (Å²) < 4.78 is 0. The van der Waals surface area contributed by atoms with E-state index in [0.717, 1.165) is 28.3 Å². The number of anilines is 3. The third kappa shape index (κ3) is 2.78. The minimum absolute atomic E-state index is 0.765. The summed E-state index contributed by atoms with van der Waals surface area (Å²) in [7, 11) is 0. The molecular formula is C17H15N3. The maximum absolute atomic E-state index is 5.67. The normalized spacial score (nSPS) is 10.2. The van der Waals surface area contributed by atoms with Gasteiger partial charge in [-0.3, -0.25) is 4.98 Å². The molecule has 0 saturated carbocycles. The Balaban J connectivity index is 1.78. The maximum atomic E-state index is 5.67. The number of aromatic nitrogens is 1. The molecule has 0 amide bonds. The van der Waals surface area contributed by atoms with E-state index in [4.69, 9.17) is 5.73 Å². The second-order valence-electron chi connectivity index (χ2n) is 4.54. The minimum atomic E-state index is 0.765. The van der Waals surface area contributed by atoms with Gasteiger partial charge in [-0.05, 0) is 48.5 Å². The van der Waals surface area contributed by atoms with Crippen molar-refractivity contribution < 1.29 is 0 Å². The maximum Gasteiger partial charge on any atom is 0.0701 e. The molecule has 3 rings (SSSR count). The van der Waals surface area contributed by atoms with Gasteiger partial charge in [0.2, 0.25) is 0 Å². The van der Waals surface area contributed by atoms with Crippen LogP contribution in [0, 0.1) is 0 Å². The zero-order chi connectivity index (χ0) is 13.8. The lowest BCUT2D eigenvalue weighted by molar-refractivity contribution is 1.33. The van der Waals surface area contributed by atoms with Crippen molar-refractivity contribution in [3.05, 3.63) is 72.9 Å². The van der Waals surface area contributed by atoms with Crippen LogP contribution in [0.15, 0.2) is 72.9 Å². The third-order valence-electron chi connectivity index (χ3n) is 3.04. The number of nitrogens with zero attached hydrogens (tertiary/aromatic N) is 1. The second kappa shape index (κ2) is 5.45. The van der Waals surface area contributed by atoms with Crippen molar-refractivity contribution in [3.8, 4) is 11.3 Å². The van der Waals surface area contributed by atoms with Gasteiger partial charge >= 0.3 is 0 Å². The first-order valence-electron chi connectivity index (χ1n) is 6.45. The van der Waals surface area contributed by atoms with Crippen LogP contribution in [0.4, 0.5) is 17.1 Å². The zero-order valence-corrected chi connectivity index (χ0v) is 11.0. The summed E-state index contributed by atoms with van der Waals surface area (Å²) in [5.74, 6) is 0. The smallest absolute Gasteiger partial charge is 0.0701 e. The third-order valence-corrected chi connectivity index (χ3v) is 3.04. The van der Waals surface area contributed by atoms with Gasteiger partial charge in [-0.1, -0.05) is 18.2 Å². The standard InChI is InChI=1S/C17H15N3/c18-14-6-10-16(11-7-14)20-15-8-4-13(5-9-15)17-3-1-2-12-19-17/h1-12,20H,18H2. The van der Waals surface area contributed by atoms with E-state index in [1.165, 1.54) is 0 Å². The van der Waals surface area contributed by atoms with Crippen LogP contribution in [-0.4, -0.2) is 4.98 Å². The SMILES string of the molecule is Nc1ccc(Nc2ccc(-c3ccccn3)cc2)cc1. The fourth-order valence-corrected chi connectivity index (χ4v) is 1.99. The molecular weight excluding hydrogens is 246 g/mol. The van der Waals surface area contributed by atoms with E-state index >= 15 is 0 Å². The van der Waals surface area contributed by atoms with Gasteiger partial charge in [0.25, 0.3) is 0 Å². The predicted molar refractivity (Wildman–Crippen MR) is 83.8 cm³/mol. The molecule has 0 aliphatic rings. The van der Waals surface area contributed by atoms with E-state index in [1.54, 1.807) is 6.20 Å². The van der Waals surface area contributed by atoms with Gasteiger partial charge in [0.15, 0.2) is 0 Å². The summed E-state index contributed by atoms with van der Waals surface area (Å²) in [6.45, 7) is 0. The molecule has 0 saturated heterocycles. The predicted octanol–water partition coefficient (Wildman–Crippen LogP) is 4.07. The van der Waals surface area contributed by atoms with Gasteiger partial charge < -0.3 is 11.1 Å². The summed E-state index contributed by atoms with van der Waals surface area (Å²) in [6, 6.07) is 21.8. The molecule has 1 aromatic heterocycles. The molecule has 0 aliphatic heterocycles. The van der Waals surface area contributed by atoms with E-state index in [1.807, 2.05) is 54.6 Å². The van der Waals surface area contributed by atoms with Crippen LogP contribution in [0.3, 0.4) is 0 Å². The highest BCUT2D eigenvalue weighted by atomic mass is 14.9. The molecule has 20 heavy (non-hydrogen) atoms. The number of hydrogen-bond donors (Lipinski definition) is 2. The lowest BCUT2D eigenvalue weighted by Crippen LogP contribution is -1.91. The van der Waals surface area contributed by atoms with Crippen molar-refractivity contribution >= 4 is 17.1 Å². The molecule has 2 aromatic carbocycles. The fourth-order valence-electron chi connectivity index (χ4n) is 1.99. The Morgan fingerprint density at radius 1 is 0.750 bits per heavy atom. The highest BCUT2D eigenvalue weighted by Gasteiger charge is 1.99. The quantitative estimate of drug-likeness (QED) is 0.699. The molecule has 3 nitrogen and oxygen atoms in total. The molecule has 0 bridgehead atoms. The van der Waals surface area contributed by atoms with Crippen LogP contribution in [0.1, 0.15) is 0 Å². The Morgan fingerprint density at radius 2 is 1.40 bits per heavy atom. The van der Waals surface area contributed by atoms with Gasteiger partial charge in [0, 0.05) is 28.8 Å². The molecule has 3 aromatic rings. The highest BCUT2D eigenvalue weighted by molar-refractivity contribution is 5.66. The van der Waals surface area contributed by atoms with Crippen molar-refractivity contribution in [1.29, 1.82) is 0 Å². The molecule has 1 heterocycles. The summed E-state index contributed by atoms with van der Waals surface area (Å²) in [4.78, 5) is 4.34. The number of nitrogens with two attached hydrogens (primary N) is 1. The minimum Gasteiger partial charge on any atom is -0.399 e. The number of nitrogens with one attached hydrogen (secondary N) is 1. The fraction of sp³-hybridized carbons (Fsp3) is 0. The molecule has 0 atom stereocenters. The molecule has 98 valence electrons. The molecule has 0 aliphatic carbocycles. The van der Waals surface area contributed by atoms with E-state index in [-0.39, 0.29) is 0 Å². The van der Waals surface area contributed by atoms with Gasteiger partial charge in [0.1, 0.15) is 0 Å². The van der Waals surface area contributed by atoms with Gasteiger partial charge in [-0.2, -0.15) is 0 Å². The Hall–Kier alpha value is -2.81. The lowest BCUT2D eigenvalue weighted by Gasteiger charge is -2.07. The van der Waals surface area contributed by atoms with Crippen LogP contribution in [-0.2, 0) is 0 Å². The lowest BCUT2D eigenvalue weighted by atomic mass is 10.1. The van der Waals surface area contributed by atoms with Crippen LogP contribution in [0.25, 0.3) is 11.3 Å². The number of hydrogen-bond acceptors (Lipinski definition) is 3. The summed E-state index contributed by atoms with van der Waals surface area (Å²) in [5, 5.41) is 3.33. The summed E-state index contributed by atoms with van der Waals surface area (Å²) in [5.41, 5.74) is 10.6. The first-order chi connectivity index (χ1) is 9.81. The molecule has 3 N–H and O–H groups in total. The van der Waals surface area contributed by atoms with E-state index in [2.05, 4.69) is 22.4 Å². The van der Waals surface area contributed by atoms with Crippen LogP contribution in [0.5, 0.6) is 0 Å². The Kier molecular flexibility index (Phi) is 3.33. The van der Waals surface area contributed by atoms with Gasteiger partial charge in [0.05, 0.1) is 5.69 Å². The molecule has 0 radical (unpaired) electrons. The van der Waals surface area contributed by atoms with Crippen LogP contribution >= 0.6 is 0 Å². The average molecular weight is 261 g/mol. The highest BCUT2D eigenvalue weighted by Crippen LogP contribution is 2.22. The Bertz CT molecular complexity index is 674. The van der Waals surface area contributed by atoms with Crippen molar-refractivity contribution in [3.63, 3.8) is 0 Å². The topological polar surface area (TPSA) is 50.9 Å². The number of benzene rings is 2. The average Bonchev–Trinajstić information content (AvgIpc) is 2.51. The number of rotatable bonds is 3. The Morgan fingerprint density at radius 3 is 2.00 bits per heavy atom. The van der Waals surface area contributed by atoms with E-state index in [9.17, 15) is 0 Å². The van der Waals surface area contributed by atoms with Gasteiger partial charge in [-0.15, -0.1) is 0 Å². The van der Waals surface area contributed by atoms with Crippen LogP contribution < -0.4 is 11.1 Å². The second-order valence-corrected chi connectivity index (χ2v) is 4.54. The molecule has 3 heteroatoms. The van der Waals surface area contributed by atoms with Crippen molar-refractivity contribution in [1.82, 2.24) is 4.98 Å². The van der Waals surface area contributed by atoms with Crippen molar-refractivity contribution in [2.24, 2.45) is 0 Å². The summed E-state index contributed by atoms with van der Waals surface area (Å²) in [6.07, 6.45) is 1.80. The van der Waals surface area contributed by atoms with Gasteiger partial charge in [-0.25, -0.2) is 0 Å². The van der Waals surface area contributed by atoms with E-state index < -0.39 is 0 Å². The van der Waals surface area contributed by atoms with Crippen molar-refractivity contribution in [2.45, 2.75) is 0 Å². The monoisotopic (exact) mass is 261 g/mol. The first kappa shape index (κ1) is 12.2. The largest absolute Gasteiger partial charge is 0.399 e. The summed E-state index contributed by atoms with van der Waals surface area (Å²) >= 11 is 0. The number of pyridine rings is 1. The van der Waals surface area contributed by atoms with Crippen LogP contribution in [0.2, 0.25) is 0 Å². The number of nitrogen functional groups attached to an aromatic ring is 1.